The minimum absolute atomic E-state index is 0.245. The maximum absolute atomic E-state index is 11.8. The summed E-state index contributed by atoms with van der Waals surface area (Å²) in [7, 11) is -2.87. The predicted molar refractivity (Wildman–Crippen MR) is 110 cm³/mol. The van der Waals surface area contributed by atoms with Crippen LogP contribution in [-0.4, -0.2) is 19.4 Å². The molecule has 0 spiro atoms. The fraction of sp³-hybridized carbons (Fsp3) is 0.478. The van der Waals surface area contributed by atoms with Gasteiger partial charge >= 0.3 is 0 Å². The quantitative estimate of drug-likeness (QED) is 0.510. The minimum atomic E-state index is -2.87. The minimum Gasteiger partial charge on any atom is -0.229 e. The van der Waals surface area contributed by atoms with Gasteiger partial charge in [-0.05, 0) is 48.9 Å². The van der Waals surface area contributed by atoms with Crippen molar-refractivity contribution in [1.29, 1.82) is 0 Å². The Morgan fingerprint density at radius 3 is 1.85 bits per heavy atom. The highest BCUT2D eigenvalue weighted by atomic mass is 32.2. The van der Waals surface area contributed by atoms with Gasteiger partial charge in [0.15, 0.2) is 9.84 Å². The van der Waals surface area contributed by atoms with Crippen LogP contribution in [0.15, 0.2) is 48.5 Å². The zero-order valence-electron chi connectivity index (χ0n) is 15.9. The van der Waals surface area contributed by atoms with Crippen molar-refractivity contribution in [3.8, 4) is 11.1 Å². The Labute approximate surface area is 158 Å². The first kappa shape index (κ1) is 19.2. The molecule has 1 aliphatic carbocycles. The van der Waals surface area contributed by atoms with Gasteiger partial charge in [0.05, 0.1) is 11.0 Å². The molecule has 2 aromatic rings. The maximum atomic E-state index is 11.8. The average molecular weight is 371 g/mol. The van der Waals surface area contributed by atoms with E-state index < -0.39 is 9.84 Å². The van der Waals surface area contributed by atoms with Gasteiger partial charge in [0.25, 0.3) is 0 Å². The van der Waals surface area contributed by atoms with Gasteiger partial charge in [0, 0.05) is 5.92 Å². The number of hydrogen-bond donors (Lipinski definition) is 0. The van der Waals surface area contributed by atoms with E-state index in [-0.39, 0.29) is 5.25 Å². The SMILES string of the molecule is CC(C)S(=O)(=O)CCCCCCCC1c2ccccc2-c2ccccc21. The Morgan fingerprint density at radius 2 is 1.27 bits per heavy atom. The molecular formula is C23H30O2S. The van der Waals surface area contributed by atoms with Crippen molar-refractivity contribution in [3.63, 3.8) is 0 Å². The third-order valence-corrected chi connectivity index (χ3v) is 7.90. The lowest BCUT2D eigenvalue weighted by atomic mass is 9.91. The van der Waals surface area contributed by atoms with Crippen LogP contribution in [0.25, 0.3) is 11.1 Å². The van der Waals surface area contributed by atoms with Crippen LogP contribution in [0, 0.1) is 0 Å². The molecule has 2 nitrogen and oxygen atoms in total. The van der Waals surface area contributed by atoms with E-state index >= 15 is 0 Å². The molecule has 0 saturated heterocycles. The molecule has 1 aliphatic rings. The van der Waals surface area contributed by atoms with Crippen molar-refractivity contribution in [2.45, 2.75) is 63.5 Å². The maximum Gasteiger partial charge on any atom is 0.152 e. The smallest absolute Gasteiger partial charge is 0.152 e. The second-order valence-corrected chi connectivity index (χ2v) is 10.4. The molecule has 0 unspecified atom stereocenters. The summed E-state index contributed by atoms with van der Waals surface area (Å²) in [4.78, 5) is 0. The Bertz CT molecular complexity index is 791. The zero-order valence-corrected chi connectivity index (χ0v) is 16.8. The zero-order chi connectivity index (χ0) is 18.6. The molecule has 0 fully saturated rings. The van der Waals surface area contributed by atoms with Crippen LogP contribution >= 0.6 is 0 Å². The normalized spacial score (nSPS) is 13.8. The van der Waals surface area contributed by atoms with Crippen molar-refractivity contribution < 1.29 is 8.42 Å². The first-order valence-electron chi connectivity index (χ1n) is 9.90. The number of unbranched alkanes of at least 4 members (excludes halogenated alkanes) is 4. The number of sulfone groups is 1. The Balaban J connectivity index is 1.47. The van der Waals surface area contributed by atoms with Gasteiger partial charge in [-0.15, -0.1) is 0 Å². The molecular weight excluding hydrogens is 340 g/mol. The third-order valence-electron chi connectivity index (χ3n) is 5.60. The van der Waals surface area contributed by atoms with E-state index in [4.69, 9.17) is 0 Å². The van der Waals surface area contributed by atoms with Gasteiger partial charge < -0.3 is 0 Å². The van der Waals surface area contributed by atoms with Crippen LogP contribution < -0.4 is 0 Å². The Morgan fingerprint density at radius 1 is 0.769 bits per heavy atom. The second kappa shape index (κ2) is 8.39. The summed E-state index contributed by atoms with van der Waals surface area (Å²) < 4.78 is 23.7. The first-order valence-corrected chi connectivity index (χ1v) is 11.6. The summed E-state index contributed by atoms with van der Waals surface area (Å²) in [6, 6.07) is 17.6. The molecule has 26 heavy (non-hydrogen) atoms. The topological polar surface area (TPSA) is 34.1 Å². The molecule has 140 valence electrons. The predicted octanol–water partition coefficient (Wildman–Crippen LogP) is 5.96. The standard InChI is InChI=1S/C23H30O2S/c1-18(2)26(24,25)17-11-5-3-4-6-12-19-20-13-7-9-15-22(20)23-16-10-8-14-21(19)23/h7-10,13-16,18-19H,3-6,11-12,17H2,1-2H3. The summed E-state index contributed by atoms with van der Waals surface area (Å²) in [6.45, 7) is 3.54. The molecule has 2 aromatic carbocycles. The van der Waals surface area contributed by atoms with E-state index in [2.05, 4.69) is 48.5 Å². The monoisotopic (exact) mass is 370 g/mol. The fourth-order valence-corrected chi connectivity index (χ4v) is 5.07. The lowest BCUT2D eigenvalue weighted by Crippen LogP contribution is -2.17. The molecule has 0 radical (unpaired) electrons. The Hall–Kier alpha value is -1.61. The van der Waals surface area contributed by atoms with Crippen molar-refractivity contribution in [2.24, 2.45) is 0 Å². The average Bonchev–Trinajstić information content (AvgIpc) is 2.95. The van der Waals surface area contributed by atoms with Crippen molar-refractivity contribution in [3.05, 3.63) is 59.7 Å². The van der Waals surface area contributed by atoms with Crippen LogP contribution in [0.4, 0.5) is 0 Å². The molecule has 0 bridgehead atoms. The van der Waals surface area contributed by atoms with Gasteiger partial charge in [-0.3, -0.25) is 0 Å². The van der Waals surface area contributed by atoms with E-state index in [0.717, 1.165) is 19.3 Å². The van der Waals surface area contributed by atoms with Crippen LogP contribution in [0.2, 0.25) is 0 Å². The summed E-state index contributed by atoms with van der Waals surface area (Å²) in [6.07, 6.45) is 6.51. The number of hydrogen-bond acceptors (Lipinski definition) is 2. The third kappa shape index (κ3) is 4.20. The van der Waals surface area contributed by atoms with E-state index in [9.17, 15) is 8.42 Å². The number of fused-ring (bicyclic) bond motifs is 3. The largest absolute Gasteiger partial charge is 0.229 e. The highest BCUT2D eigenvalue weighted by Gasteiger charge is 2.27. The second-order valence-electron chi connectivity index (χ2n) is 7.70. The molecule has 0 N–H and O–H groups in total. The number of benzene rings is 2. The lowest BCUT2D eigenvalue weighted by molar-refractivity contribution is 0.567. The van der Waals surface area contributed by atoms with Crippen LogP contribution in [0.5, 0.6) is 0 Å². The van der Waals surface area contributed by atoms with Crippen LogP contribution in [0.3, 0.4) is 0 Å². The van der Waals surface area contributed by atoms with Gasteiger partial charge in [0.1, 0.15) is 0 Å². The molecule has 0 atom stereocenters. The molecule has 0 heterocycles. The van der Waals surface area contributed by atoms with E-state index in [0.29, 0.717) is 11.7 Å². The molecule has 0 aromatic heterocycles. The van der Waals surface area contributed by atoms with Gasteiger partial charge in [-0.2, -0.15) is 0 Å². The summed E-state index contributed by atoms with van der Waals surface area (Å²) in [5, 5.41) is -0.245. The lowest BCUT2D eigenvalue weighted by Gasteiger charge is -2.13. The fourth-order valence-electron chi connectivity index (χ4n) is 3.99. The van der Waals surface area contributed by atoms with Crippen molar-refractivity contribution in [2.75, 3.05) is 5.75 Å². The number of rotatable bonds is 9. The van der Waals surface area contributed by atoms with Crippen molar-refractivity contribution in [1.82, 2.24) is 0 Å². The van der Waals surface area contributed by atoms with E-state index in [1.54, 1.807) is 13.8 Å². The van der Waals surface area contributed by atoms with Gasteiger partial charge in [-0.25, -0.2) is 8.42 Å². The molecule has 3 heteroatoms. The molecule has 3 rings (SSSR count). The summed E-state index contributed by atoms with van der Waals surface area (Å²) >= 11 is 0. The first-order chi connectivity index (χ1) is 12.5. The van der Waals surface area contributed by atoms with Crippen LogP contribution in [-0.2, 0) is 9.84 Å². The van der Waals surface area contributed by atoms with E-state index in [1.165, 1.54) is 41.5 Å². The Kier molecular flexibility index (Phi) is 6.18. The van der Waals surface area contributed by atoms with Gasteiger partial charge in [0.2, 0.25) is 0 Å². The van der Waals surface area contributed by atoms with Gasteiger partial charge in [-0.1, -0.05) is 74.2 Å². The van der Waals surface area contributed by atoms with E-state index in [1.807, 2.05) is 0 Å². The summed E-state index contributed by atoms with van der Waals surface area (Å²) in [5.74, 6) is 0.859. The van der Waals surface area contributed by atoms with Crippen LogP contribution in [0.1, 0.15) is 69.4 Å². The summed E-state index contributed by atoms with van der Waals surface area (Å²) in [5.41, 5.74) is 5.73. The van der Waals surface area contributed by atoms with Crippen molar-refractivity contribution >= 4 is 9.84 Å². The highest BCUT2D eigenvalue weighted by molar-refractivity contribution is 7.91. The molecule has 0 amide bonds. The molecule has 0 saturated carbocycles. The molecule has 0 aliphatic heterocycles. The highest BCUT2D eigenvalue weighted by Crippen LogP contribution is 2.46.